The van der Waals surface area contributed by atoms with Crippen LogP contribution in [0.4, 0.5) is 45.5 Å². The van der Waals surface area contributed by atoms with Gasteiger partial charge in [0.05, 0.1) is 5.54 Å². The molecule has 3 aliphatic heterocycles. The highest BCUT2D eigenvalue weighted by Gasteiger charge is 2.59. The van der Waals surface area contributed by atoms with E-state index in [1.165, 1.54) is 130 Å². The summed E-state index contributed by atoms with van der Waals surface area (Å²) in [5.41, 5.74) is 31.9. The van der Waals surface area contributed by atoms with Gasteiger partial charge in [0.1, 0.15) is 11.2 Å². The van der Waals surface area contributed by atoms with Gasteiger partial charge in [-0.2, -0.15) is 0 Å². The summed E-state index contributed by atoms with van der Waals surface area (Å²) in [5.74, 6) is 0. The number of nitrogens with zero attached hydrogens (tertiary/aromatic N) is 3. The Hall–Kier alpha value is -6.98. The maximum Gasteiger partial charge on any atom is 0.252 e. The van der Waals surface area contributed by atoms with Crippen molar-refractivity contribution in [1.82, 2.24) is 0 Å². The summed E-state index contributed by atoms with van der Waals surface area (Å²) in [5, 5.41) is 2.31. The summed E-state index contributed by atoms with van der Waals surface area (Å²) >= 11 is 0. The van der Waals surface area contributed by atoms with E-state index in [4.69, 9.17) is 4.42 Å². The molecular weight excluding hydrogens is 1080 g/mol. The molecule has 4 nitrogen and oxygen atoms in total. The second-order valence-corrected chi connectivity index (χ2v) is 34.6. The van der Waals surface area contributed by atoms with Crippen LogP contribution in [-0.2, 0) is 43.3 Å². The molecule has 0 amide bonds. The summed E-state index contributed by atoms with van der Waals surface area (Å²) in [7, 11) is 0. The van der Waals surface area contributed by atoms with Crippen LogP contribution in [0.2, 0.25) is 0 Å². The first-order valence-electron chi connectivity index (χ1n) is 34.1. The zero-order chi connectivity index (χ0) is 62.4. The predicted molar refractivity (Wildman–Crippen MR) is 381 cm³/mol. The molecule has 2 atom stereocenters. The number of para-hydroxylation sites is 1. The van der Waals surface area contributed by atoms with Gasteiger partial charge in [-0.15, -0.1) is 0 Å². The fourth-order valence-corrected chi connectivity index (χ4v) is 19.5. The molecule has 0 radical (unpaired) electrons. The molecule has 1 aromatic heterocycles. The van der Waals surface area contributed by atoms with Gasteiger partial charge in [-0.3, -0.25) is 0 Å². The Morgan fingerprint density at radius 3 is 1.54 bits per heavy atom. The molecule has 4 heterocycles. The van der Waals surface area contributed by atoms with Gasteiger partial charge in [-0.25, -0.2) is 0 Å². The molecule has 2 unspecified atom stereocenters. The van der Waals surface area contributed by atoms with Crippen LogP contribution in [0.15, 0.2) is 138 Å². The second kappa shape index (κ2) is 18.2. The first-order valence-corrected chi connectivity index (χ1v) is 34.1. The highest BCUT2D eigenvalue weighted by Crippen LogP contribution is 2.63. The van der Waals surface area contributed by atoms with Gasteiger partial charge in [0.15, 0.2) is 0 Å². The Balaban J connectivity index is 1.05. The topological polar surface area (TPSA) is 22.9 Å². The molecule has 454 valence electrons. The Morgan fingerprint density at radius 2 is 0.921 bits per heavy atom. The number of fused-ring (bicyclic) bond motifs is 13. The minimum absolute atomic E-state index is 0.000644. The SMILES string of the molecule is Cc1cc2c(cc1N1c3cc4c(cc3B3c5cc6c(cc5N(c5ccc7c(c5)oc5ccccc57)c5cc(N7c8ccc(-c9ccc(C(C)(C)C)cc9)cc8C8(C)CCCCC78C)cc1c53)C(C)(C)CCC6(C)C)C(C)(C)CCC4(C)C)C(C)(C)CC2(C)C. The van der Waals surface area contributed by atoms with E-state index in [1.807, 2.05) is 0 Å². The Bertz CT molecular complexity index is 4540. The van der Waals surface area contributed by atoms with E-state index < -0.39 is 0 Å². The van der Waals surface area contributed by atoms with Crippen molar-refractivity contribution in [2.24, 2.45) is 0 Å². The van der Waals surface area contributed by atoms with Crippen molar-refractivity contribution >= 4 is 90.5 Å². The summed E-state index contributed by atoms with van der Waals surface area (Å²) in [6.45, 7) is 44.7. The minimum atomic E-state index is -0.215. The summed E-state index contributed by atoms with van der Waals surface area (Å²) in [4.78, 5) is 8.42. The summed E-state index contributed by atoms with van der Waals surface area (Å²) < 4.78 is 6.93. The highest BCUT2D eigenvalue weighted by atomic mass is 16.3. The van der Waals surface area contributed by atoms with Crippen LogP contribution < -0.4 is 31.1 Å². The zero-order valence-corrected chi connectivity index (χ0v) is 56.9. The minimum Gasteiger partial charge on any atom is -0.456 e. The van der Waals surface area contributed by atoms with Gasteiger partial charge < -0.3 is 19.1 Å². The third kappa shape index (κ3) is 7.97. The maximum absolute atomic E-state index is 6.93. The molecule has 89 heavy (non-hydrogen) atoms. The largest absolute Gasteiger partial charge is 0.456 e. The molecular formula is C84H94BN3O. The zero-order valence-electron chi connectivity index (χ0n) is 56.9. The van der Waals surface area contributed by atoms with Crippen molar-refractivity contribution in [1.29, 1.82) is 0 Å². The van der Waals surface area contributed by atoms with Crippen molar-refractivity contribution in [2.45, 2.75) is 231 Å². The lowest BCUT2D eigenvalue weighted by molar-refractivity contribution is 0.195. The number of hydrogen-bond donors (Lipinski definition) is 0. The van der Waals surface area contributed by atoms with Gasteiger partial charge in [-0.1, -0.05) is 190 Å². The van der Waals surface area contributed by atoms with Crippen molar-refractivity contribution in [2.75, 3.05) is 14.7 Å². The maximum atomic E-state index is 6.93. The van der Waals surface area contributed by atoms with Crippen LogP contribution in [-0.4, -0.2) is 12.3 Å². The third-order valence-corrected chi connectivity index (χ3v) is 25.0. The first kappa shape index (κ1) is 57.2. The lowest BCUT2D eigenvalue weighted by Crippen LogP contribution is -2.62. The second-order valence-electron chi connectivity index (χ2n) is 34.6. The molecule has 16 rings (SSSR count). The van der Waals surface area contributed by atoms with E-state index in [0.717, 1.165) is 72.6 Å². The molecule has 7 aliphatic rings. The quantitative estimate of drug-likeness (QED) is 0.164. The lowest BCUT2D eigenvalue weighted by atomic mass is 9.32. The van der Waals surface area contributed by atoms with Crippen LogP contribution in [0, 0.1) is 6.92 Å². The Labute approximate surface area is 532 Å². The average Bonchev–Trinajstić information content (AvgIpc) is 1.66. The van der Waals surface area contributed by atoms with Gasteiger partial charge >= 0.3 is 0 Å². The molecule has 8 aromatic carbocycles. The number of anilines is 8. The number of hydrogen-bond acceptors (Lipinski definition) is 4. The van der Waals surface area contributed by atoms with Crippen LogP contribution in [0.1, 0.15) is 226 Å². The standard InChI is InChI=1S/C84H94BN3O/c1-50-39-58-63(82(15,16)49-81(58,13)14)46-68(50)87-70-48-62-60(78(7,8)36-38-80(62,11)12)45-66(70)85-65-44-59-61(79(9,10)37-35-77(59,5)6)47-69(65)86(54-30-31-57-56-23-19-20-24-73(56)89-74(57)43-54)71-41-55(42-72(87)75(71)85)88-67-32-27-52(51-25-28-53(29-26-51)76(2,3)4)40-64(67)83(17)33-21-22-34-84(83,88)18/h19-20,23-32,39-48H,21-22,33-38,49H2,1-18H3. The lowest BCUT2D eigenvalue weighted by Gasteiger charge is -2.51. The van der Waals surface area contributed by atoms with Crippen LogP contribution in [0.5, 0.6) is 0 Å². The molecule has 0 saturated heterocycles. The van der Waals surface area contributed by atoms with E-state index in [9.17, 15) is 0 Å². The fraction of sp³-hybridized carbons (Fsp3) is 0.429. The summed E-state index contributed by atoms with van der Waals surface area (Å²) in [6.07, 6.45) is 10.4. The van der Waals surface area contributed by atoms with E-state index >= 15 is 0 Å². The molecule has 4 aliphatic carbocycles. The fourth-order valence-electron chi connectivity index (χ4n) is 19.5. The van der Waals surface area contributed by atoms with Crippen LogP contribution in [0.25, 0.3) is 33.1 Å². The predicted octanol–water partition coefficient (Wildman–Crippen LogP) is 21.3. The average molecular weight is 1170 g/mol. The highest BCUT2D eigenvalue weighted by molar-refractivity contribution is 7.00. The monoisotopic (exact) mass is 1170 g/mol. The van der Waals surface area contributed by atoms with E-state index in [1.54, 1.807) is 0 Å². The number of rotatable bonds is 4. The van der Waals surface area contributed by atoms with Crippen LogP contribution in [0.3, 0.4) is 0 Å². The van der Waals surface area contributed by atoms with Gasteiger partial charge in [0, 0.05) is 67.8 Å². The first-order chi connectivity index (χ1) is 41.8. The summed E-state index contributed by atoms with van der Waals surface area (Å²) in [6, 6.07) is 54.3. The number of furan rings is 1. The third-order valence-electron chi connectivity index (χ3n) is 25.0. The molecule has 1 saturated carbocycles. The van der Waals surface area contributed by atoms with Gasteiger partial charge in [0.25, 0.3) is 6.71 Å². The van der Waals surface area contributed by atoms with Gasteiger partial charge in [-0.05, 0) is 235 Å². The number of aryl methyl sites for hydroxylation is 1. The van der Waals surface area contributed by atoms with Crippen LogP contribution >= 0.6 is 0 Å². The molecule has 0 spiro atoms. The molecule has 0 bridgehead atoms. The molecule has 5 heteroatoms. The van der Waals surface area contributed by atoms with Crippen molar-refractivity contribution in [3.8, 4) is 11.1 Å². The number of benzene rings is 8. The molecule has 0 N–H and O–H groups in total. The van der Waals surface area contributed by atoms with E-state index in [0.29, 0.717) is 0 Å². The Kier molecular flexibility index (Phi) is 11.7. The smallest absolute Gasteiger partial charge is 0.252 e. The van der Waals surface area contributed by atoms with E-state index in [-0.39, 0.29) is 55.6 Å². The molecule has 1 fully saturated rings. The Morgan fingerprint density at radius 1 is 0.404 bits per heavy atom. The molecule has 9 aromatic rings. The van der Waals surface area contributed by atoms with Crippen molar-refractivity contribution in [3.05, 3.63) is 184 Å². The normalized spacial score (nSPS) is 23.3. The van der Waals surface area contributed by atoms with Crippen molar-refractivity contribution < 1.29 is 4.42 Å². The van der Waals surface area contributed by atoms with Crippen molar-refractivity contribution in [3.63, 3.8) is 0 Å². The van der Waals surface area contributed by atoms with Gasteiger partial charge in [0.2, 0.25) is 0 Å². The van der Waals surface area contributed by atoms with E-state index in [2.05, 4.69) is 273 Å².